The third kappa shape index (κ3) is 2.52. The Balaban J connectivity index is 1.72. The van der Waals surface area contributed by atoms with Crippen molar-refractivity contribution in [2.24, 2.45) is 4.99 Å². The van der Waals surface area contributed by atoms with Gasteiger partial charge in [-0.1, -0.05) is 19.9 Å². The van der Waals surface area contributed by atoms with Crippen LogP contribution in [0.5, 0.6) is 0 Å². The van der Waals surface area contributed by atoms with E-state index in [9.17, 15) is 4.79 Å². The molecule has 0 fully saturated rings. The zero-order valence-corrected chi connectivity index (χ0v) is 14.5. The summed E-state index contributed by atoms with van der Waals surface area (Å²) >= 11 is 0. The lowest BCUT2D eigenvalue weighted by Gasteiger charge is -2.15. The Hall–Kier alpha value is -2.96. The van der Waals surface area contributed by atoms with Crippen LogP contribution in [0.4, 0.5) is 5.69 Å². The predicted octanol–water partition coefficient (Wildman–Crippen LogP) is 2.44. The van der Waals surface area contributed by atoms with E-state index in [1.807, 2.05) is 43.9 Å². The van der Waals surface area contributed by atoms with Gasteiger partial charge >= 0.3 is 0 Å². The van der Waals surface area contributed by atoms with Gasteiger partial charge in [-0.05, 0) is 25.0 Å². The van der Waals surface area contributed by atoms with E-state index in [2.05, 4.69) is 20.1 Å². The van der Waals surface area contributed by atoms with Crippen molar-refractivity contribution < 1.29 is 0 Å². The summed E-state index contributed by atoms with van der Waals surface area (Å²) in [4.78, 5) is 28.3. The highest BCUT2D eigenvalue weighted by Gasteiger charge is 2.25. The molecule has 0 aromatic carbocycles. The number of fused-ring (bicyclic) bond motifs is 1. The molecular formula is C18H20N6O. The second kappa shape index (κ2) is 5.84. The van der Waals surface area contributed by atoms with Crippen molar-refractivity contribution in [3.8, 4) is 0 Å². The number of hydrogen-bond acceptors (Lipinski definition) is 5. The Bertz CT molecular complexity index is 1000. The van der Waals surface area contributed by atoms with Crippen molar-refractivity contribution in [2.45, 2.75) is 32.7 Å². The van der Waals surface area contributed by atoms with E-state index in [-0.39, 0.29) is 17.5 Å². The van der Waals surface area contributed by atoms with E-state index in [1.54, 1.807) is 18.7 Å². The second-order valence-electron chi connectivity index (χ2n) is 6.58. The molecule has 0 spiro atoms. The molecule has 128 valence electrons. The molecule has 1 N–H and O–H groups in total. The standard InChI is InChI=1S/C18H20N6O/c1-11(2)16-12(3)22-17-15(8-21-24(17)18(16)25)23-9-14(20-10-23)13-6-4-5-7-19-13/h4-8,10-11,14,21H,9H2,1-3H3. The van der Waals surface area contributed by atoms with Gasteiger partial charge in [0.2, 0.25) is 0 Å². The van der Waals surface area contributed by atoms with E-state index in [1.165, 1.54) is 4.52 Å². The third-order valence-electron chi connectivity index (χ3n) is 4.54. The molecule has 1 aliphatic rings. The first-order valence-electron chi connectivity index (χ1n) is 8.37. The highest BCUT2D eigenvalue weighted by Crippen LogP contribution is 2.27. The van der Waals surface area contributed by atoms with Crippen LogP contribution in [0.3, 0.4) is 0 Å². The van der Waals surface area contributed by atoms with Gasteiger partial charge in [0.05, 0.1) is 18.6 Å². The monoisotopic (exact) mass is 336 g/mol. The summed E-state index contributed by atoms with van der Waals surface area (Å²) in [6.07, 6.45) is 5.37. The Labute approximate surface area is 145 Å². The van der Waals surface area contributed by atoms with Gasteiger partial charge in [0.25, 0.3) is 5.56 Å². The quantitative estimate of drug-likeness (QED) is 0.797. The number of anilines is 1. The van der Waals surface area contributed by atoms with E-state index in [0.29, 0.717) is 12.2 Å². The lowest BCUT2D eigenvalue weighted by molar-refractivity contribution is 0.750. The topological polar surface area (TPSA) is 78.7 Å². The summed E-state index contributed by atoms with van der Waals surface area (Å²) in [6, 6.07) is 5.82. The highest BCUT2D eigenvalue weighted by atomic mass is 16.1. The molecule has 0 bridgehead atoms. The second-order valence-corrected chi connectivity index (χ2v) is 6.58. The van der Waals surface area contributed by atoms with Gasteiger partial charge in [0.1, 0.15) is 11.7 Å². The van der Waals surface area contributed by atoms with Gasteiger partial charge in [-0.3, -0.25) is 19.9 Å². The molecule has 0 aliphatic carbocycles. The van der Waals surface area contributed by atoms with E-state index in [4.69, 9.17) is 0 Å². The fraction of sp³-hybridized carbons (Fsp3) is 0.333. The van der Waals surface area contributed by atoms with Crippen LogP contribution < -0.4 is 10.5 Å². The van der Waals surface area contributed by atoms with Gasteiger partial charge < -0.3 is 4.90 Å². The number of nitrogens with one attached hydrogen (secondary N) is 1. The molecule has 1 unspecified atom stereocenters. The van der Waals surface area contributed by atoms with E-state index in [0.717, 1.165) is 22.6 Å². The average molecular weight is 336 g/mol. The molecular weight excluding hydrogens is 316 g/mol. The molecule has 3 aromatic rings. The number of aliphatic imine (C=N–C) groups is 1. The molecule has 0 saturated carbocycles. The molecule has 4 heterocycles. The normalized spacial score (nSPS) is 17.1. The fourth-order valence-electron chi connectivity index (χ4n) is 3.34. The summed E-state index contributed by atoms with van der Waals surface area (Å²) in [7, 11) is 0. The molecule has 3 aromatic heterocycles. The molecule has 1 atom stereocenters. The van der Waals surface area contributed by atoms with Crippen molar-refractivity contribution in [3.05, 3.63) is 57.9 Å². The molecule has 0 radical (unpaired) electrons. The summed E-state index contributed by atoms with van der Waals surface area (Å²) < 4.78 is 1.51. The van der Waals surface area contributed by atoms with Gasteiger partial charge in [-0.2, -0.15) is 4.52 Å². The van der Waals surface area contributed by atoms with Gasteiger partial charge in [0, 0.05) is 23.7 Å². The van der Waals surface area contributed by atoms with Crippen LogP contribution in [0.25, 0.3) is 5.65 Å². The third-order valence-corrected chi connectivity index (χ3v) is 4.54. The lowest BCUT2D eigenvalue weighted by atomic mass is 10.0. The molecule has 4 rings (SSSR count). The van der Waals surface area contributed by atoms with Crippen LogP contribution in [0.2, 0.25) is 0 Å². The summed E-state index contributed by atoms with van der Waals surface area (Å²) in [5, 5.41) is 3.03. The molecule has 0 saturated heterocycles. The fourth-order valence-corrected chi connectivity index (χ4v) is 3.34. The van der Waals surface area contributed by atoms with Crippen LogP contribution in [-0.2, 0) is 0 Å². The number of aromatic nitrogens is 4. The minimum Gasteiger partial charge on any atom is -0.326 e. The number of H-pyrrole nitrogens is 1. The largest absolute Gasteiger partial charge is 0.326 e. The van der Waals surface area contributed by atoms with Crippen molar-refractivity contribution in [1.29, 1.82) is 0 Å². The molecule has 7 heteroatoms. The first-order valence-corrected chi connectivity index (χ1v) is 8.37. The Kier molecular flexibility index (Phi) is 3.63. The number of nitrogens with zero attached hydrogens (tertiary/aromatic N) is 5. The van der Waals surface area contributed by atoms with Gasteiger partial charge in [0.15, 0.2) is 5.65 Å². The van der Waals surface area contributed by atoms with Crippen LogP contribution >= 0.6 is 0 Å². The van der Waals surface area contributed by atoms with Crippen molar-refractivity contribution >= 4 is 17.7 Å². The molecule has 7 nitrogen and oxygen atoms in total. The minimum atomic E-state index is -0.0406. The zero-order valence-electron chi connectivity index (χ0n) is 14.5. The SMILES string of the molecule is Cc1nc2c(N3C=NC(c4ccccn4)C3)c[nH]n2c(=O)c1C(C)C. The van der Waals surface area contributed by atoms with Gasteiger partial charge in [-0.15, -0.1) is 0 Å². The minimum absolute atomic E-state index is 0.0149. The maximum absolute atomic E-state index is 12.7. The smallest absolute Gasteiger partial charge is 0.276 e. The van der Waals surface area contributed by atoms with Crippen LogP contribution in [-0.4, -0.2) is 32.5 Å². The first-order chi connectivity index (χ1) is 12.1. The van der Waals surface area contributed by atoms with Crippen molar-refractivity contribution in [3.63, 3.8) is 0 Å². The molecule has 1 aliphatic heterocycles. The maximum Gasteiger partial charge on any atom is 0.276 e. The predicted molar refractivity (Wildman–Crippen MR) is 97.5 cm³/mol. The van der Waals surface area contributed by atoms with Gasteiger partial charge in [-0.25, -0.2) is 4.98 Å². The number of aromatic amines is 1. The van der Waals surface area contributed by atoms with E-state index < -0.39 is 0 Å². The maximum atomic E-state index is 12.7. The molecule has 25 heavy (non-hydrogen) atoms. The summed E-state index contributed by atoms with van der Waals surface area (Å²) in [5.41, 5.74) is 3.88. The van der Waals surface area contributed by atoms with Crippen LogP contribution in [0, 0.1) is 6.92 Å². The van der Waals surface area contributed by atoms with Crippen LogP contribution in [0.1, 0.15) is 42.8 Å². The van der Waals surface area contributed by atoms with E-state index >= 15 is 0 Å². The van der Waals surface area contributed by atoms with Crippen LogP contribution in [0.15, 0.2) is 40.4 Å². The van der Waals surface area contributed by atoms with Crippen molar-refractivity contribution in [2.75, 3.05) is 11.4 Å². The summed E-state index contributed by atoms with van der Waals surface area (Å²) in [5.74, 6) is 0.130. The highest BCUT2D eigenvalue weighted by molar-refractivity contribution is 5.87. The molecule has 0 amide bonds. The zero-order chi connectivity index (χ0) is 17.6. The Morgan fingerprint density at radius 3 is 2.88 bits per heavy atom. The lowest BCUT2D eigenvalue weighted by Crippen LogP contribution is -2.24. The first kappa shape index (κ1) is 15.6. The number of hydrogen-bond donors (Lipinski definition) is 1. The summed E-state index contributed by atoms with van der Waals surface area (Å²) in [6.45, 7) is 6.58. The average Bonchev–Trinajstić information content (AvgIpc) is 3.22. The number of pyridine rings is 1. The van der Waals surface area contributed by atoms with Crippen molar-refractivity contribution in [1.82, 2.24) is 19.6 Å². The number of aryl methyl sites for hydroxylation is 1. The number of rotatable bonds is 3. The Morgan fingerprint density at radius 2 is 2.16 bits per heavy atom. The Morgan fingerprint density at radius 1 is 1.32 bits per heavy atom.